The zero-order valence-corrected chi connectivity index (χ0v) is 8.66. The zero-order chi connectivity index (χ0) is 10.1. The monoisotopic (exact) mass is 178 g/mol. The Morgan fingerprint density at radius 3 is 2.31 bits per heavy atom. The molecule has 0 saturated carbocycles. The fraction of sp³-hybridized carbons (Fsp3) is 0.417. The summed E-state index contributed by atoms with van der Waals surface area (Å²) in [7, 11) is 0. The highest BCUT2D eigenvalue weighted by Gasteiger charge is 1.84. The lowest BCUT2D eigenvalue weighted by Crippen LogP contribution is -1.80. The van der Waals surface area contributed by atoms with E-state index in [0.717, 1.165) is 6.42 Å². The minimum absolute atomic E-state index is 0.0795. The topological polar surface area (TPSA) is 17.1 Å². The summed E-state index contributed by atoms with van der Waals surface area (Å²) >= 11 is 0. The fourth-order valence-corrected chi connectivity index (χ4v) is 0.749. The minimum Gasteiger partial charge on any atom is -0.295 e. The third kappa shape index (κ3) is 10.9. The summed E-state index contributed by atoms with van der Waals surface area (Å²) in [4.78, 5) is 10.5. The molecule has 1 heteroatoms. The van der Waals surface area contributed by atoms with Crippen LogP contribution in [0.25, 0.3) is 0 Å². The van der Waals surface area contributed by atoms with Crippen molar-refractivity contribution < 1.29 is 4.79 Å². The molecule has 0 bridgehead atoms. The van der Waals surface area contributed by atoms with Gasteiger partial charge in [-0.3, -0.25) is 4.79 Å². The van der Waals surface area contributed by atoms with Crippen LogP contribution in [0.3, 0.4) is 0 Å². The molecule has 0 amide bonds. The molecule has 1 nitrogen and oxygen atoms in total. The summed E-state index contributed by atoms with van der Waals surface area (Å²) in [6.45, 7) is 5.91. The van der Waals surface area contributed by atoms with Gasteiger partial charge in [-0.15, -0.1) is 0 Å². The molecule has 0 fully saturated rings. The molecule has 72 valence electrons. The highest BCUT2D eigenvalue weighted by Crippen LogP contribution is 1.99. The fourth-order valence-electron chi connectivity index (χ4n) is 0.749. The molecule has 0 aromatic heterocycles. The van der Waals surface area contributed by atoms with E-state index < -0.39 is 0 Å². The van der Waals surface area contributed by atoms with Gasteiger partial charge in [-0.05, 0) is 25.3 Å². The first kappa shape index (κ1) is 11.9. The second-order valence-electron chi connectivity index (χ2n) is 3.41. The van der Waals surface area contributed by atoms with E-state index in [1.807, 2.05) is 18.2 Å². The van der Waals surface area contributed by atoms with Gasteiger partial charge in [0.05, 0.1) is 0 Å². The van der Waals surface area contributed by atoms with Crippen LogP contribution in [0.5, 0.6) is 0 Å². The average molecular weight is 178 g/mol. The number of rotatable bonds is 5. The maximum Gasteiger partial charge on any atom is 0.152 e. The SMILES string of the molecule is CC(=O)/C=C/C=C/C=C/CC(C)C. The highest BCUT2D eigenvalue weighted by atomic mass is 16.1. The first-order chi connectivity index (χ1) is 6.13. The van der Waals surface area contributed by atoms with Gasteiger partial charge in [-0.25, -0.2) is 0 Å². The molecule has 0 aromatic rings. The van der Waals surface area contributed by atoms with E-state index in [9.17, 15) is 4.79 Å². The van der Waals surface area contributed by atoms with Crippen LogP contribution in [0.2, 0.25) is 0 Å². The van der Waals surface area contributed by atoms with Crippen LogP contribution in [-0.2, 0) is 4.79 Å². The van der Waals surface area contributed by atoms with Crippen LogP contribution in [0.15, 0.2) is 36.5 Å². The second kappa shape index (κ2) is 7.53. The number of allylic oxidation sites excluding steroid dienone is 6. The predicted molar refractivity (Wildman–Crippen MR) is 57.6 cm³/mol. The molecule has 0 aromatic carbocycles. The van der Waals surface area contributed by atoms with Crippen molar-refractivity contribution in [2.75, 3.05) is 0 Å². The molecular weight excluding hydrogens is 160 g/mol. The van der Waals surface area contributed by atoms with E-state index in [-0.39, 0.29) is 5.78 Å². The Hall–Kier alpha value is -1.11. The van der Waals surface area contributed by atoms with Crippen molar-refractivity contribution in [3.8, 4) is 0 Å². The minimum atomic E-state index is 0.0795. The largest absolute Gasteiger partial charge is 0.295 e. The van der Waals surface area contributed by atoms with Gasteiger partial charge in [0.15, 0.2) is 5.78 Å². The van der Waals surface area contributed by atoms with Crippen molar-refractivity contribution in [2.24, 2.45) is 5.92 Å². The standard InChI is InChI=1S/C12H18O/c1-11(2)9-7-5-4-6-8-10-12(3)13/h4-8,10-11H,9H2,1-3H3/b6-4+,7-5+,10-8+. The quantitative estimate of drug-likeness (QED) is 0.466. The van der Waals surface area contributed by atoms with Gasteiger partial charge < -0.3 is 0 Å². The van der Waals surface area contributed by atoms with E-state index in [2.05, 4.69) is 19.9 Å². The number of ketones is 1. The van der Waals surface area contributed by atoms with E-state index in [4.69, 9.17) is 0 Å². The lowest BCUT2D eigenvalue weighted by atomic mass is 10.1. The van der Waals surface area contributed by atoms with Gasteiger partial charge in [-0.1, -0.05) is 44.2 Å². The molecule has 0 N–H and O–H groups in total. The average Bonchev–Trinajstić information content (AvgIpc) is 2.01. The lowest BCUT2D eigenvalue weighted by Gasteiger charge is -1.94. The number of carbonyl (C=O) groups excluding carboxylic acids is 1. The molecule has 0 unspecified atom stereocenters. The summed E-state index contributed by atoms with van der Waals surface area (Å²) in [5.41, 5.74) is 0. The second-order valence-corrected chi connectivity index (χ2v) is 3.41. The van der Waals surface area contributed by atoms with Gasteiger partial charge >= 0.3 is 0 Å². The molecule has 0 radical (unpaired) electrons. The van der Waals surface area contributed by atoms with Crippen molar-refractivity contribution in [3.05, 3.63) is 36.5 Å². The number of carbonyl (C=O) groups is 1. The zero-order valence-electron chi connectivity index (χ0n) is 8.66. The third-order valence-electron chi connectivity index (χ3n) is 1.41. The van der Waals surface area contributed by atoms with Crippen molar-refractivity contribution >= 4 is 5.78 Å². The predicted octanol–water partition coefficient (Wildman–Crippen LogP) is 3.29. The number of hydrogen-bond donors (Lipinski definition) is 0. The molecule has 0 aliphatic carbocycles. The summed E-state index contributed by atoms with van der Waals surface area (Å²) < 4.78 is 0. The first-order valence-corrected chi connectivity index (χ1v) is 4.63. The van der Waals surface area contributed by atoms with Crippen molar-refractivity contribution in [3.63, 3.8) is 0 Å². The summed E-state index contributed by atoms with van der Waals surface area (Å²) in [5, 5.41) is 0. The van der Waals surface area contributed by atoms with E-state index in [0.29, 0.717) is 5.92 Å². The normalized spacial score (nSPS) is 12.6. The molecule has 0 aliphatic rings. The smallest absolute Gasteiger partial charge is 0.152 e. The van der Waals surface area contributed by atoms with Crippen LogP contribution in [0.4, 0.5) is 0 Å². The van der Waals surface area contributed by atoms with Crippen LogP contribution in [0.1, 0.15) is 27.2 Å². The molecule has 13 heavy (non-hydrogen) atoms. The van der Waals surface area contributed by atoms with Gasteiger partial charge in [0, 0.05) is 0 Å². The number of hydrogen-bond acceptors (Lipinski definition) is 1. The molecule has 0 atom stereocenters. The van der Waals surface area contributed by atoms with Gasteiger partial charge in [-0.2, -0.15) is 0 Å². The van der Waals surface area contributed by atoms with Gasteiger partial charge in [0.1, 0.15) is 0 Å². The highest BCUT2D eigenvalue weighted by molar-refractivity contribution is 5.87. The van der Waals surface area contributed by atoms with E-state index in [1.165, 1.54) is 0 Å². The Bertz CT molecular complexity index is 219. The third-order valence-corrected chi connectivity index (χ3v) is 1.41. The van der Waals surface area contributed by atoms with Crippen LogP contribution in [0, 0.1) is 5.92 Å². The van der Waals surface area contributed by atoms with Crippen molar-refractivity contribution in [1.82, 2.24) is 0 Å². The van der Waals surface area contributed by atoms with Crippen LogP contribution < -0.4 is 0 Å². The summed E-state index contributed by atoms with van der Waals surface area (Å²) in [6.07, 6.45) is 12.3. The maximum atomic E-state index is 10.5. The van der Waals surface area contributed by atoms with E-state index in [1.54, 1.807) is 19.1 Å². The Morgan fingerprint density at radius 1 is 1.15 bits per heavy atom. The van der Waals surface area contributed by atoms with Crippen LogP contribution >= 0.6 is 0 Å². The summed E-state index contributed by atoms with van der Waals surface area (Å²) in [6, 6.07) is 0. The first-order valence-electron chi connectivity index (χ1n) is 4.63. The summed E-state index contributed by atoms with van der Waals surface area (Å²) in [5.74, 6) is 0.785. The molecule has 0 spiro atoms. The molecule has 0 saturated heterocycles. The lowest BCUT2D eigenvalue weighted by molar-refractivity contribution is -0.112. The van der Waals surface area contributed by atoms with E-state index >= 15 is 0 Å². The maximum absolute atomic E-state index is 10.5. The molecule has 0 rings (SSSR count). The molecule has 0 aliphatic heterocycles. The molecular formula is C12H18O. The Labute approximate surface area is 80.8 Å². The van der Waals surface area contributed by atoms with Crippen molar-refractivity contribution in [1.29, 1.82) is 0 Å². The Kier molecular flexibility index (Phi) is 6.89. The van der Waals surface area contributed by atoms with Gasteiger partial charge in [0.2, 0.25) is 0 Å². The Balaban J connectivity index is 3.63. The Morgan fingerprint density at radius 2 is 1.77 bits per heavy atom. The van der Waals surface area contributed by atoms with Gasteiger partial charge in [0.25, 0.3) is 0 Å². The van der Waals surface area contributed by atoms with Crippen LogP contribution in [-0.4, -0.2) is 5.78 Å². The van der Waals surface area contributed by atoms with Crippen molar-refractivity contribution in [2.45, 2.75) is 27.2 Å². The molecule has 0 heterocycles.